The number of aldehydes is 1. The van der Waals surface area contributed by atoms with Gasteiger partial charge in [-0.25, -0.2) is 0 Å². The first kappa shape index (κ1) is 57.0. The third-order valence-electron chi connectivity index (χ3n) is 12.3. The summed E-state index contributed by atoms with van der Waals surface area (Å²) in [5.74, 6) is 7.67. The van der Waals surface area contributed by atoms with E-state index in [0.717, 1.165) is 124 Å². The van der Waals surface area contributed by atoms with Crippen LogP contribution in [0.1, 0.15) is 218 Å². The fraction of sp³-hybridized carbons (Fsp3) is 0.941. The van der Waals surface area contributed by atoms with Crippen molar-refractivity contribution in [2.45, 2.75) is 218 Å². The maximum Gasteiger partial charge on any atom is 0.119 e. The Morgan fingerprint density at radius 2 is 0.714 bits per heavy atom. The summed E-state index contributed by atoms with van der Waals surface area (Å²) in [6.45, 7) is 34.5. The van der Waals surface area contributed by atoms with Crippen LogP contribution in [-0.4, -0.2) is 58.0 Å². The molecule has 0 amide bonds. The van der Waals surface area contributed by atoms with Gasteiger partial charge in [0.15, 0.2) is 0 Å². The predicted octanol–water partition coefficient (Wildman–Crippen LogP) is 14.5. The van der Waals surface area contributed by atoms with E-state index in [4.69, 9.17) is 0 Å². The molecule has 2 N–H and O–H groups in total. The molecule has 0 rings (SSSR count). The molecule has 0 radical (unpaired) electrons. The molecule has 56 heavy (non-hydrogen) atoms. The van der Waals surface area contributed by atoms with E-state index in [-0.39, 0.29) is 0 Å². The van der Waals surface area contributed by atoms with E-state index in [1.165, 1.54) is 109 Å². The van der Waals surface area contributed by atoms with Crippen molar-refractivity contribution in [3.63, 3.8) is 0 Å². The summed E-state index contributed by atoms with van der Waals surface area (Å²) in [5.41, 5.74) is 0. The second kappa shape index (κ2) is 42.1. The van der Waals surface area contributed by atoms with Gasteiger partial charge in [0.1, 0.15) is 6.29 Å². The van der Waals surface area contributed by atoms with E-state index in [1.807, 2.05) is 0 Å². The van der Waals surface area contributed by atoms with Crippen LogP contribution in [0.15, 0.2) is 9.98 Å². The van der Waals surface area contributed by atoms with Gasteiger partial charge in [0.2, 0.25) is 0 Å². The lowest BCUT2D eigenvalue weighted by molar-refractivity contribution is -0.108. The van der Waals surface area contributed by atoms with Crippen molar-refractivity contribution in [2.75, 3.05) is 39.3 Å². The van der Waals surface area contributed by atoms with Crippen molar-refractivity contribution >= 4 is 18.7 Å². The van der Waals surface area contributed by atoms with Gasteiger partial charge < -0.3 is 15.4 Å². The Kier molecular flexibility index (Phi) is 42.8. The first-order valence-corrected chi connectivity index (χ1v) is 24.7. The highest BCUT2D eigenvalue weighted by molar-refractivity contribution is 5.57. The summed E-state index contributed by atoms with van der Waals surface area (Å²) in [4.78, 5) is 19.4. The first-order valence-electron chi connectivity index (χ1n) is 24.7. The summed E-state index contributed by atoms with van der Waals surface area (Å²) in [5, 5.41) is 7.09. The molecule has 0 aliphatic heterocycles. The molecule has 5 nitrogen and oxygen atoms in total. The van der Waals surface area contributed by atoms with Crippen LogP contribution >= 0.6 is 0 Å². The number of unbranched alkanes of at least 4 members (excludes halogenated alkanes) is 5. The number of aliphatic imine (C=N–C) groups is 2. The Labute approximate surface area is 353 Å². The van der Waals surface area contributed by atoms with Crippen molar-refractivity contribution in [1.82, 2.24) is 10.6 Å². The number of carbonyl (C=O) groups is 1. The normalized spacial score (nSPS) is 16.9. The second-order valence-electron chi connectivity index (χ2n) is 19.3. The van der Waals surface area contributed by atoms with Crippen LogP contribution in [0.25, 0.3) is 0 Å². The minimum atomic E-state index is 0.740. The van der Waals surface area contributed by atoms with Crippen molar-refractivity contribution in [3.8, 4) is 0 Å². The highest BCUT2D eigenvalue weighted by Gasteiger charge is 2.13. The number of hydrogen-bond donors (Lipinski definition) is 2. The van der Waals surface area contributed by atoms with Crippen molar-refractivity contribution in [1.29, 1.82) is 0 Å². The molecule has 0 saturated carbocycles. The fourth-order valence-corrected chi connectivity index (χ4v) is 8.51. The SMILES string of the molecule is CCC(C)CC(C)CC(C)CCCC=NCCNCCCCCNCCN=CCCCC(C)CC(C)CC(C)CC.CCC(C)CC(C)CC(C)CCCC=O. The van der Waals surface area contributed by atoms with Gasteiger partial charge in [-0.05, 0) is 162 Å². The maximum absolute atomic E-state index is 10.2. The average Bonchev–Trinajstić information content (AvgIpc) is 3.15. The molecule has 0 aromatic rings. The Balaban J connectivity index is 0. The molecular formula is C51H104N4O. The highest BCUT2D eigenvalue weighted by atomic mass is 16.1. The predicted molar refractivity (Wildman–Crippen MR) is 255 cm³/mol. The summed E-state index contributed by atoms with van der Waals surface area (Å²) < 4.78 is 0. The Hall–Kier alpha value is -1.07. The van der Waals surface area contributed by atoms with Gasteiger partial charge >= 0.3 is 0 Å². The fourth-order valence-electron chi connectivity index (χ4n) is 8.51. The van der Waals surface area contributed by atoms with Crippen molar-refractivity contribution < 1.29 is 4.79 Å². The number of nitrogens with zero attached hydrogens (tertiary/aromatic N) is 2. The highest BCUT2D eigenvalue weighted by Crippen LogP contribution is 2.26. The zero-order valence-corrected chi connectivity index (χ0v) is 40.3. The van der Waals surface area contributed by atoms with E-state index >= 15 is 0 Å². The average molecular weight is 789 g/mol. The number of hydrogen-bond acceptors (Lipinski definition) is 5. The van der Waals surface area contributed by atoms with Gasteiger partial charge in [0.05, 0.1) is 13.1 Å². The van der Waals surface area contributed by atoms with Crippen LogP contribution in [0.2, 0.25) is 0 Å². The third kappa shape index (κ3) is 42.5. The minimum absolute atomic E-state index is 0.740. The van der Waals surface area contributed by atoms with E-state index in [0.29, 0.717) is 0 Å². The molecule has 9 unspecified atom stereocenters. The number of nitrogens with one attached hydrogen (secondary N) is 2. The van der Waals surface area contributed by atoms with Crippen molar-refractivity contribution in [2.24, 2.45) is 63.2 Å². The minimum Gasteiger partial charge on any atom is -0.315 e. The van der Waals surface area contributed by atoms with Crippen LogP contribution in [0.3, 0.4) is 0 Å². The van der Waals surface area contributed by atoms with E-state index < -0.39 is 0 Å². The largest absolute Gasteiger partial charge is 0.315 e. The standard InChI is InChI=1S/C37H76N4.C14H28O/c1-9-32(3)28-36(7)30-34(5)18-12-16-22-40-26-24-38-20-14-11-15-21-39-25-27-41-23-17-13-19-35(6)31-37(8)29-33(4)10-2;1-5-12(2)10-14(4)11-13(3)8-6-7-9-15/h22-23,32-39H,9-21,24-31H2,1-8H3;9,12-14H,5-8,10-11H2,1-4H3. The molecule has 0 aliphatic carbocycles. The van der Waals surface area contributed by atoms with Gasteiger partial charge in [-0.3, -0.25) is 9.98 Å². The van der Waals surface area contributed by atoms with Gasteiger partial charge in [0.25, 0.3) is 0 Å². The van der Waals surface area contributed by atoms with Gasteiger partial charge in [-0.1, -0.05) is 128 Å². The van der Waals surface area contributed by atoms with Crippen LogP contribution in [0, 0.1) is 53.3 Å². The number of carbonyl (C=O) groups excluding carboxylic acids is 1. The van der Waals surface area contributed by atoms with E-state index in [9.17, 15) is 4.79 Å². The zero-order chi connectivity index (χ0) is 42.2. The third-order valence-corrected chi connectivity index (χ3v) is 12.3. The molecule has 0 spiro atoms. The molecule has 0 aliphatic rings. The quantitative estimate of drug-likeness (QED) is 0.0370. The van der Waals surface area contributed by atoms with Crippen molar-refractivity contribution in [3.05, 3.63) is 0 Å². The molecule has 0 aromatic heterocycles. The lowest BCUT2D eigenvalue weighted by Gasteiger charge is -2.19. The van der Waals surface area contributed by atoms with E-state index in [1.54, 1.807) is 0 Å². The maximum atomic E-state index is 10.2. The molecule has 0 aromatic carbocycles. The zero-order valence-electron chi connectivity index (χ0n) is 40.3. The smallest absolute Gasteiger partial charge is 0.119 e. The molecule has 334 valence electrons. The Morgan fingerprint density at radius 1 is 0.393 bits per heavy atom. The summed E-state index contributed by atoms with van der Waals surface area (Å²) in [6, 6.07) is 0. The first-order chi connectivity index (χ1) is 26.9. The molecule has 9 atom stereocenters. The summed E-state index contributed by atoms with van der Waals surface area (Å²) in [7, 11) is 0. The molecule has 0 bridgehead atoms. The molecule has 0 heterocycles. The van der Waals surface area contributed by atoms with Crippen LogP contribution < -0.4 is 10.6 Å². The topological polar surface area (TPSA) is 65.8 Å². The molecule has 5 heteroatoms. The Morgan fingerprint density at radius 3 is 1.04 bits per heavy atom. The van der Waals surface area contributed by atoms with Crippen LogP contribution in [0.4, 0.5) is 0 Å². The summed E-state index contributed by atoms with van der Waals surface area (Å²) >= 11 is 0. The monoisotopic (exact) mass is 789 g/mol. The van der Waals surface area contributed by atoms with Crippen LogP contribution in [-0.2, 0) is 4.79 Å². The lowest BCUT2D eigenvalue weighted by atomic mass is 9.87. The van der Waals surface area contributed by atoms with E-state index in [2.05, 4.69) is 116 Å². The summed E-state index contributed by atoms with van der Waals surface area (Å²) in [6.07, 6.45) is 31.9. The second-order valence-corrected chi connectivity index (χ2v) is 19.3. The van der Waals surface area contributed by atoms with Gasteiger partial charge in [0, 0.05) is 19.5 Å². The number of rotatable bonds is 39. The molecular weight excluding hydrogens is 685 g/mol. The van der Waals surface area contributed by atoms with Crippen LogP contribution in [0.5, 0.6) is 0 Å². The Bertz CT molecular complexity index is 811. The molecule has 0 saturated heterocycles. The molecule has 0 fully saturated rings. The van der Waals surface area contributed by atoms with Gasteiger partial charge in [-0.15, -0.1) is 0 Å². The van der Waals surface area contributed by atoms with Gasteiger partial charge in [-0.2, -0.15) is 0 Å². The lowest BCUT2D eigenvalue weighted by Crippen LogP contribution is -2.20.